The van der Waals surface area contributed by atoms with E-state index in [1.54, 1.807) is 17.1 Å². The molecule has 0 aliphatic heterocycles. The molecular formula is C16H20BrClN4O. The van der Waals surface area contributed by atoms with Crippen LogP contribution in [0.15, 0.2) is 41.1 Å². The molecule has 0 radical (unpaired) electrons. The van der Waals surface area contributed by atoms with Gasteiger partial charge in [0.05, 0.1) is 23.0 Å². The molecule has 3 rings (SSSR count). The molecule has 23 heavy (non-hydrogen) atoms. The molecule has 1 heterocycles. The van der Waals surface area contributed by atoms with E-state index in [9.17, 15) is 4.79 Å². The highest BCUT2D eigenvalue weighted by atomic mass is 79.9. The van der Waals surface area contributed by atoms with Crippen LogP contribution in [0.2, 0.25) is 0 Å². The topological polar surface area (TPSA) is 72.9 Å². The number of rotatable bonds is 5. The van der Waals surface area contributed by atoms with Gasteiger partial charge in [-0.1, -0.05) is 22.0 Å². The third kappa shape index (κ3) is 3.94. The minimum atomic E-state index is -0.324. The first-order chi connectivity index (χ1) is 10.5. The van der Waals surface area contributed by atoms with Crippen LogP contribution in [0.3, 0.4) is 0 Å². The molecular weight excluding hydrogens is 380 g/mol. The maximum Gasteiger partial charge on any atom is 0.254 e. The van der Waals surface area contributed by atoms with Gasteiger partial charge in [0, 0.05) is 17.2 Å². The fourth-order valence-corrected chi connectivity index (χ4v) is 2.96. The molecule has 1 saturated carbocycles. The van der Waals surface area contributed by atoms with Crippen LogP contribution in [0.25, 0.3) is 5.69 Å². The first-order valence-corrected chi connectivity index (χ1v) is 8.14. The second-order valence-electron chi connectivity index (χ2n) is 6.00. The van der Waals surface area contributed by atoms with E-state index in [-0.39, 0.29) is 23.9 Å². The molecule has 1 amide bonds. The van der Waals surface area contributed by atoms with Crippen LogP contribution in [-0.2, 0) is 0 Å². The highest BCUT2D eigenvalue weighted by molar-refractivity contribution is 9.10. The average molecular weight is 400 g/mol. The van der Waals surface area contributed by atoms with Crippen LogP contribution in [0.4, 0.5) is 0 Å². The number of carbonyl (C=O) groups is 1. The number of hydrogen-bond donors (Lipinski definition) is 2. The van der Waals surface area contributed by atoms with Crippen molar-refractivity contribution in [3.05, 3.63) is 46.7 Å². The number of hydrogen-bond acceptors (Lipinski definition) is 3. The minimum Gasteiger partial charge on any atom is -0.345 e. The normalized spacial score (nSPS) is 16.3. The molecule has 1 aromatic carbocycles. The van der Waals surface area contributed by atoms with Gasteiger partial charge in [-0.25, -0.2) is 4.68 Å². The first-order valence-electron chi connectivity index (χ1n) is 7.35. The molecule has 2 aromatic rings. The summed E-state index contributed by atoms with van der Waals surface area (Å²) in [7, 11) is 0. The van der Waals surface area contributed by atoms with Gasteiger partial charge in [-0.05, 0) is 43.9 Å². The Labute approximate surface area is 150 Å². The van der Waals surface area contributed by atoms with Gasteiger partial charge in [0.25, 0.3) is 5.91 Å². The Hall–Kier alpha value is -1.37. The molecule has 1 aromatic heterocycles. The molecule has 0 saturated heterocycles. The molecule has 5 nitrogen and oxygen atoms in total. The van der Waals surface area contributed by atoms with Gasteiger partial charge in [-0.2, -0.15) is 5.10 Å². The van der Waals surface area contributed by atoms with E-state index >= 15 is 0 Å². The Bertz CT molecular complexity index is 701. The molecule has 1 unspecified atom stereocenters. The second kappa shape index (κ2) is 7.03. The summed E-state index contributed by atoms with van der Waals surface area (Å²) in [5.41, 5.74) is 6.96. The minimum absolute atomic E-state index is 0. The fourth-order valence-electron chi connectivity index (χ4n) is 2.57. The van der Waals surface area contributed by atoms with Crippen molar-refractivity contribution in [3.63, 3.8) is 0 Å². The van der Waals surface area contributed by atoms with E-state index in [1.165, 1.54) is 0 Å². The maximum atomic E-state index is 12.4. The van der Waals surface area contributed by atoms with Crippen molar-refractivity contribution >= 4 is 34.2 Å². The van der Waals surface area contributed by atoms with E-state index < -0.39 is 0 Å². The highest BCUT2D eigenvalue weighted by Gasteiger charge is 2.41. The number of benzene rings is 1. The van der Waals surface area contributed by atoms with E-state index in [0.29, 0.717) is 18.0 Å². The van der Waals surface area contributed by atoms with Gasteiger partial charge in [-0.15, -0.1) is 12.4 Å². The van der Waals surface area contributed by atoms with Crippen molar-refractivity contribution in [1.29, 1.82) is 0 Å². The molecule has 7 heteroatoms. The summed E-state index contributed by atoms with van der Waals surface area (Å²) >= 11 is 3.43. The molecule has 124 valence electrons. The number of nitrogens with one attached hydrogen (secondary N) is 1. The third-order valence-corrected chi connectivity index (χ3v) is 4.71. The summed E-state index contributed by atoms with van der Waals surface area (Å²) in [6.07, 6.45) is 5.58. The maximum absolute atomic E-state index is 12.4. The summed E-state index contributed by atoms with van der Waals surface area (Å²) in [6.45, 7) is 2.46. The lowest BCUT2D eigenvalue weighted by Gasteiger charge is -2.29. The quantitative estimate of drug-likeness (QED) is 0.812. The van der Waals surface area contributed by atoms with Crippen LogP contribution in [0.5, 0.6) is 0 Å². The molecule has 1 fully saturated rings. The number of halogens is 2. The lowest BCUT2D eigenvalue weighted by molar-refractivity contribution is 0.0898. The molecule has 1 aliphatic rings. The zero-order valence-electron chi connectivity index (χ0n) is 12.8. The van der Waals surface area contributed by atoms with Crippen molar-refractivity contribution in [3.8, 4) is 5.69 Å². The van der Waals surface area contributed by atoms with Crippen molar-refractivity contribution < 1.29 is 4.79 Å². The van der Waals surface area contributed by atoms with Crippen LogP contribution >= 0.6 is 28.3 Å². The van der Waals surface area contributed by atoms with Gasteiger partial charge >= 0.3 is 0 Å². The molecule has 0 spiro atoms. The highest BCUT2D eigenvalue weighted by Crippen LogP contribution is 2.39. The van der Waals surface area contributed by atoms with Gasteiger partial charge in [-0.3, -0.25) is 4.79 Å². The standard InChI is InChI=1S/C16H19BrN4O.ClH/c1-16(10-18,12-5-6-12)20-15(22)11-8-19-21(9-11)14-4-2-3-13(17)7-14;/h2-4,7-9,12H,5-6,10,18H2,1H3,(H,20,22);1H. The molecule has 1 aliphatic carbocycles. The van der Waals surface area contributed by atoms with Crippen LogP contribution in [-0.4, -0.2) is 27.8 Å². The zero-order valence-corrected chi connectivity index (χ0v) is 15.2. The summed E-state index contributed by atoms with van der Waals surface area (Å²) in [4.78, 5) is 12.4. The Morgan fingerprint density at radius 2 is 2.26 bits per heavy atom. The van der Waals surface area contributed by atoms with E-state index in [0.717, 1.165) is 23.0 Å². The molecule has 0 bridgehead atoms. The zero-order chi connectivity index (χ0) is 15.7. The first kappa shape index (κ1) is 18.0. The van der Waals surface area contributed by atoms with Crippen molar-refractivity contribution in [2.75, 3.05) is 6.54 Å². The lowest BCUT2D eigenvalue weighted by atomic mass is 9.95. The smallest absolute Gasteiger partial charge is 0.254 e. The van der Waals surface area contributed by atoms with Crippen molar-refractivity contribution in [1.82, 2.24) is 15.1 Å². The van der Waals surface area contributed by atoms with E-state index in [2.05, 4.69) is 26.3 Å². The summed E-state index contributed by atoms with van der Waals surface area (Å²) in [5.74, 6) is 0.364. The van der Waals surface area contributed by atoms with E-state index in [4.69, 9.17) is 5.73 Å². The predicted octanol–water partition coefficient (Wildman–Crippen LogP) is 2.91. The number of nitrogens with two attached hydrogens (primary N) is 1. The number of nitrogens with zero attached hydrogens (tertiary/aromatic N) is 2. The van der Waals surface area contributed by atoms with Gasteiger partial charge < -0.3 is 11.1 Å². The van der Waals surface area contributed by atoms with Crippen molar-refractivity contribution in [2.24, 2.45) is 11.7 Å². The largest absolute Gasteiger partial charge is 0.345 e. The molecule has 3 N–H and O–H groups in total. The summed E-state index contributed by atoms with van der Waals surface area (Å²) < 4.78 is 2.66. The Morgan fingerprint density at radius 1 is 1.52 bits per heavy atom. The van der Waals surface area contributed by atoms with Crippen LogP contribution in [0.1, 0.15) is 30.1 Å². The Balaban J connectivity index is 0.00000192. The molecule has 1 atom stereocenters. The SMILES string of the molecule is CC(CN)(NC(=O)c1cnn(-c2cccc(Br)c2)c1)C1CC1.Cl. The van der Waals surface area contributed by atoms with Crippen LogP contribution in [0, 0.1) is 5.92 Å². The average Bonchev–Trinajstić information content (AvgIpc) is 3.25. The Kier molecular flexibility index (Phi) is 5.49. The lowest BCUT2D eigenvalue weighted by Crippen LogP contribution is -2.53. The van der Waals surface area contributed by atoms with Gasteiger partial charge in [0.1, 0.15) is 0 Å². The fraction of sp³-hybridized carbons (Fsp3) is 0.375. The van der Waals surface area contributed by atoms with E-state index in [1.807, 2.05) is 31.2 Å². The van der Waals surface area contributed by atoms with Crippen molar-refractivity contribution in [2.45, 2.75) is 25.3 Å². The van der Waals surface area contributed by atoms with Crippen LogP contribution < -0.4 is 11.1 Å². The summed E-state index contributed by atoms with van der Waals surface area (Å²) in [5, 5.41) is 7.34. The predicted molar refractivity (Wildman–Crippen MR) is 96.2 cm³/mol. The number of carbonyl (C=O) groups excluding carboxylic acids is 1. The summed E-state index contributed by atoms with van der Waals surface area (Å²) in [6, 6.07) is 7.76. The Morgan fingerprint density at radius 3 is 2.87 bits per heavy atom. The number of amides is 1. The number of aromatic nitrogens is 2. The van der Waals surface area contributed by atoms with Gasteiger partial charge in [0.2, 0.25) is 0 Å². The van der Waals surface area contributed by atoms with Gasteiger partial charge in [0.15, 0.2) is 0 Å². The monoisotopic (exact) mass is 398 g/mol. The second-order valence-corrected chi connectivity index (χ2v) is 6.92. The third-order valence-electron chi connectivity index (χ3n) is 4.22.